The molecule has 1 amide bonds. The molecule has 2 N–H and O–H groups in total. The lowest BCUT2D eigenvalue weighted by atomic mass is 10.1. The van der Waals surface area contributed by atoms with E-state index < -0.39 is 0 Å². The van der Waals surface area contributed by atoms with Crippen LogP contribution in [0.5, 0.6) is 5.75 Å². The van der Waals surface area contributed by atoms with Gasteiger partial charge in [-0.25, -0.2) is 0 Å². The van der Waals surface area contributed by atoms with Crippen LogP contribution in [0.2, 0.25) is 5.02 Å². The molecule has 0 atom stereocenters. The highest BCUT2D eigenvalue weighted by Gasteiger charge is 2.07. The summed E-state index contributed by atoms with van der Waals surface area (Å²) in [5, 5.41) is 8.55. The van der Waals surface area contributed by atoms with Crippen LogP contribution < -0.4 is 15.4 Å². The first kappa shape index (κ1) is 19.6. The van der Waals surface area contributed by atoms with Gasteiger partial charge in [-0.1, -0.05) is 42.8 Å². The van der Waals surface area contributed by atoms with Gasteiger partial charge in [0.1, 0.15) is 5.75 Å². The minimum absolute atomic E-state index is 0. The Bertz CT molecular complexity index is 635. The zero-order valence-electron chi connectivity index (χ0n) is 13.1. The molecule has 0 aliphatic heterocycles. The van der Waals surface area contributed by atoms with E-state index in [2.05, 4.69) is 17.6 Å². The number of carbonyl (C=O) groups is 1. The van der Waals surface area contributed by atoms with Crippen LogP contribution in [-0.2, 0) is 4.79 Å². The molecule has 0 aliphatic carbocycles. The van der Waals surface area contributed by atoms with E-state index in [0.717, 1.165) is 30.3 Å². The number of benzene rings is 2. The number of ether oxygens (including phenoxy) is 1. The van der Waals surface area contributed by atoms with Crippen LogP contribution in [0.3, 0.4) is 0 Å². The average molecular weight is 357 g/mol. The lowest BCUT2D eigenvalue weighted by molar-refractivity contribution is -0.123. The van der Waals surface area contributed by atoms with E-state index >= 15 is 0 Å². The third kappa shape index (κ3) is 5.90. The van der Waals surface area contributed by atoms with Crippen LogP contribution in [-0.4, -0.2) is 32.1 Å². The maximum Gasteiger partial charge on any atom is 0.257 e. The number of nitrogens with one attached hydrogen (secondary N) is 2. The van der Waals surface area contributed by atoms with Gasteiger partial charge in [-0.05, 0) is 25.1 Å². The van der Waals surface area contributed by atoms with Gasteiger partial charge in [-0.3, -0.25) is 4.79 Å². The molecule has 126 valence electrons. The molecule has 0 saturated carbocycles. The molecular formula is C17H22Cl2N2O2. The van der Waals surface area contributed by atoms with E-state index in [-0.39, 0.29) is 24.9 Å². The minimum atomic E-state index is -0.127. The van der Waals surface area contributed by atoms with Gasteiger partial charge in [-0.15, -0.1) is 12.4 Å². The predicted octanol–water partition coefficient (Wildman–Crippen LogP) is 3.41. The van der Waals surface area contributed by atoms with Gasteiger partial charge in [0.2, 0.25) is 0 Å². The van der Waals surface area contributed by atoms with Crippen molar-refractivity contribution in [2.24, 2.45) is 0 Å². The summed E-state index contributed by atoms with van der Waals surface area (Å²) in [6, 6.07) is 11.3. The lowest BCUT2D eigenvalue weighted by Crippen LogP contribution is -2.35. The number of hydrogen-bond donors (Lipinski definition) is 2. The molecule has 0 fully saturated rings. The number of carbonyl (C=O) groups excluding carboxylic acids is 1. The summed E-state index contributed by atoms with van der Waals surface area (Å²) in [6.45, 7) is 4.44. The maximum absolute atomic E-state index is 11.8. The highest BCUT2D eigenvalue weighted by atomic mass is 35.5. The van der Waals surface area contributed by atoms with Crippen molar-refractivity contribution in [1.82, 2.24) is 10.6 Å². The Morgan fingerprint density at radius 1 is 1.09 bits per heavy atom. The van der Waals surface area contributed by atoms with E-state index in [4.69, 9.17) is 16.3 Å². The van der Waals surface area contributed by atoms with Crippen LogP contribution in [0.25, 0.3) is 10.8 Å². The number of hydrogen-bond acceptors (Lipinski definition) is 3. The molecule has 23 heavy (non-hydrogen) atoms. The first-order valence-electron chi connectivity index (χ1n) is 7.50. The molecular weight excluding hydrogens is 335 g/mol. The lowest BCUT2D eigenvalue weighted by Gasteiger charge is -2.11. The summed E-state index contributed by atoms with van der Waals surface area (Å²) in [6.07, 6.45) is 1.08. The molecule has 0 aromatic heterocycles. The largest absolute Gasteiger partial charge is 0.483 e. The smallest absolute Gasteiger partial charge is 0.257 e. The molecule has 4 nitrogen and oxygen atoms in total. The molecule has 0 saturated heterocycles. The molecule has 2 aromatic rings. The Kier molecular flexibility index (Phi) is 8.77. The Hall–Kier alpha value is -1.49. The molecule has 0 heterocycles. The van der Waals surface area contributed by atoms with E-state index in [1.165, 1.54) is 0 Å². The fourth-order valence-corrected chi connectivity index (χ4v) is 2.37. The van der Waals surface area contributed by atoms with E-state index in [1.807, 2.05) is 24.3 Å². The van der Waals surface area contributed by atoms with Gasteiger partial charge in [0.25, 0.3) is 5.91 Å². The minimum Gasteiger partial charge on any atom is -0.483 e. The fourth-order valence-electron chi connectivity index (χ4n) is 2.15. The monoisotopic (exact) mass is 356 g/mol. The summed E-state index contributed by atoms with van der Waals surface area (Å²) in [5.41, 5.74) is 0. The topological polar surface area (TPSA) is 50.4 Å². The molecule has 2 rings (SSSR count). The zero-order chi connectivity index (χ0) is 15.8. The van der Waals surface area contributed by atoms with Crippen molar-refractivity contribution < 1.29 is 9.53 Å². The number of rotatable bonds is 8. The van der Waals surface area contributed by atoms with Crippen LogP contribution >= 0.6 is 24.0 Å². The van der Waals surface area contributed by atoms with Crippen molar-refractivity contribution >= 4 is 40.7 Å². The first-order chi connectivity index (χ1) is 10.7. The second-order valence-electron chi connectivity index (χ2n) is 4.98. The molecule has 0 bridgehead atoms. The number of fused-ring (bicyclic) bond motifs is 1. The van der Waals surface area contributed by atoms with Crippen molar-refractivity contribution in [3.8, 4) is 5.75 Å². The van der Waals surface area contributed by atoms with Gasteiger partial charge in [-0.2, -0.15) is 0 Å². The van der Waals surface area contributed by atoms with E-state index in [0.29, 0.717) is 17.3 Å². The van der Waals surface area contributed by atoms with Crippen LogP contribution in [0.15, 0.2) is 36.4 Å². The van der Waals surface area contributed by atoms with Gasteiger partial charge >= 0.3 is 0 Å². The number of halogens is 2. The van der Waals surface area contributed by atoms with Crippen molar-refractivity contribution in [3.05, 3.63) is 41.4 Å². The van der Waals surface area contributed by atoms with Crippen LogP contribution in [0, 0.1) is 0 Å². The quantitative estimate of drug-likeness (QED) is 0.712. The molecule has 0 unspecified atom stereocenters. The van der Waals surface area contributed by atoms with Crippen molar-refractivity contribution in [2.45, 2.75) is 13.3 Å². The molecule has 0 aliphatic rings. The standard InChI is InChI=1S/C17H21ClN2O2.ClH/c1-2-9-19-10-11-20-17(21)12-22-16-8-7-15(18)13-5-3-4-6-14(13)16;/h3-8,19H,2,9-12H2,1H3,(H,20,21);1H. The molecule has 2 aromatic carbocycles. The van der Waals surface area contributed by atoms with Gasteiger partial charge in [0.05, 0.1) is 0 Å². The summed E-state index contributed by atoms with van der Waals surface area (Å²) in [7, 11) is 0. The van der Waals surface area contributed by atoms with Crippen molar-refractivity contribution in [1.29, 1.82) is 0 Å². The summed E-state index contributed by atoms with van der Waals surface area (Å²) in [5.74, 6) is 0.539. The van der Waals surface area contributed by atoms with E-state index in [9.17, 15) is 4.79 Å². The highest BCUT2D eigenvalue weighted by molar-refractivity contribution is 6.35. The highest BCUT2D eigenvalue weighted by Crippen LogP contribution is 2.31. The summed E-state index contributed by atoms with van der Waals surface area (Å²) >= 11 is 6.16. The van der Waals surface area contributed by atoms with Crippen LogP contribution in [0.4, 0.5) is 0 Å². The Morgan fingerprint density at radius 2 is 1.83 bits per heavy atom. The van der Waals surface area contributed by atoms with Crippen LogP contribution in [0.1, 0.15) is 13.3 Å². The normalized spacial score (nSPS) is 10.2. The second kappa shape index (κ2) is 10.3. The SMILES string of the molecule is CCCNCCNC(=O)COc1ccc(Cl)c2ccccc12.Cl. The summed E-state index contributed by atoms with van der Waals surface area (Å²) < 4.78 is 5.62. The zero-order valence-corrected chi connectivity index (χ0v) is 14.7. The van der Waals surface area contributed by atoms with Crippen molar-refractivity contribution in [3.63, 3.8) is 0 Å². The Morgan fingerprint density at radius 3 is 2.57 bits per heavy atom. The molecule has 0 radical (unpaired) electrons. The Balaban J connectivity index is 0.00000264. The predicted molar refractivity (Wildman–Crippen MR) is 97.9 cm³/mol. The third-order valence-electron chi connectivity index (χ3n) is 3.24. The second-order valence-corrected chi connectivity index (χ2v) is 5.39. The van der Waals surface area contributed by atoms with E-state index in [1.54, 1.807) is 12.1 Å². The van der Waals surface area contributed by atoms with Gasteiger partial charge in [0, 0.05) is 28.9 Å². The maximum atomic E-state index is 11.8. The number of amides is 1. The van der Waals surface area contributed by atoms with Gasteiger partial charge < -0.3 is 15.4 Å². The molecule has 0 spiro atoms. The first-order valence-corrected chi connectivity index (χ1v) is 7.87. The Labute approximate surface area is 147 Å². The summed E-state index contributed by atoms with van der Waals surface area (Å²) in [4.78, 5) is 11.8. The van der Waals surface area contributed by atoms with Crippen molar-refractivity contribution in [2.75, 3.05) is 26.2 Å². The fraction of sp³-hybridized carbons (Fsp3) is 0.353. The average Bonchev–Trinajstić information content (AvgIpc) is 2.54. The van der Waals surface area contributed by atoms with Gasteiger partial charge in [0.15, 0.2) is 6.61 Å². The molecule has 6 heteroatoms. The third-order valence-corrected chi connectivity index (χ3v) is 3.57.